The number of carbonyl (C=O) groups is 2. The van der Waals surface area contributed by atoms with Gasteiger partial charge in [-0.3, -0.25) is 9.59 Å². The molecule has 0 saturated carbocycles. The zero-order chi connectivity index (χ0) is 13.5. The summed E-state index contributed by atoms with van der Waals surface area (Å²) in [5.41, 5.74) is 1.06. The molecule has 18 heavy (non-hydrogen) atoms. The molecular weight excluding hydrogens is 298 g/mol. The van der Waals surface area contributed by atoms with Crippen molar-refractivity contribution in [3.63, 3.8) is 0 Å². The number of halogens is 1. The number of hydrogen-bond donors (Lipinski definition) is 2. The normalized spacial score (nSPS) is 13.7. The summed E-state index contributed by atoms with van der Waals surface area (Å²) < 4.78 is 0. The second-order valence-corrected chi connectivity index (χ2v) is 4.76. The van der Waals surface area contributed by atoms with E-state index in [1.54, 1.807) is 0 Å². The highest BCUT2D eigenvalue weighted by Crippen LogP contribution is 2.11. The van der Waals surface area contributed by atoms with Crippen LogP contribution in [0.25, 0.3) is 0 Å². The first-order chi connectivity index (χ1) is 8.54. The average molecular weight is 314 g/mol. The van der Waals surface area contributed by atoms with E-state index >= 15 is 0 Å². The maximum atomic E-state index is 11.9. The lowest BCUT2D eigenvalue weighted by Crippen LogP contribution is -2.42. The summed E-state index contributed by atoms with van der Waals surface area (Å²) in [5.74, 6) is -1.55. The van der Waals surface area contributed by atoms with Crippen molar-refractivity contribution in [3.05, 3.63) is 35.9 Å². The Balaban J connectivity index is 2.61. The molecule has 0 bridgehead atoms. The van der Waals surface area contributed by atoms with Gasteiger partial charge in [0.15, 0.2) is 0 Å². The molecule has 1 unspecified atom stereocenters. The second kappa shape index (κ2) is 7.16. The first kappa shape index (κ1) is 14.7. The summed E-state index contributed by atoms with van der Waals surface area (Å²) in [6, 6.07) is 8.78. The number of aliphatic carboxylic acids is 1. The SMILES string of the molecule is CC(NC(=O)[C@H](CBr)Cc1ccccc1)C(=O)O. The van der Waals surface area contributed by atoms with Crippen LogP contribution in [0.1, 0.15) is 12.5 Å². The molecule has 0 saturated heterocycles. The fraction of sp³-hybridized carbons (Fsp3) is 0.385. The second-order valence-electron chi connectivity index (χ2n) is 4.11. The van der Waals surface area contributed by atoms with Crippen molar-refractivity contribution in [1.82, 2.24) is 5.32 Å². The number of carbonyl (C=O) groups excluding carboxylic acids is 1. The lowest BCUT2D eigenvalue weighted by Gasteiger charge is -2.16. The van der Waals surface area contributed by atoms with Crippen LogP contribution in [0.5, 0.6) is 0 Å². The van der Waals surface area contributed by atoms with E-state index in [1.807, 2.05) is 30.3 Å². The van der Waals surface area contributed by atoms with Crippen LogP contribution in [0.3, 0.4) is 0 Å². The molecule has 2 atom stereocenters. The standard InChI is InChI=1S/C13H16BrNO3/c1-9(13(17)18)15-12(16)11(8-14)7-10-5-3-2-4-6-10/h2-6,9,11H,7-8H2,1H3,(H,15,16)(H,17,18)/t9?,11-/m0/s1. The Morgan fingerprint density at radius 1 is 1.33 bits per heavy atom. The summed E-state index contributed by atoms with van der Waals surface area (Å²) in [4.78, 5) is 22.6. The van der Waals surface area contributed by atoms with Gasteiger partial charge in [-0.1, -0.05) is 46.3 Å². The number of alkyl halides is 1. The predicted molar refractivity (Wildman–Crippen MR) is 72.7 cm³/mol. The molecule has 0 aliphatic rings. The molecule has 0 spiro atoms. The van der Waals surface area contributed by atoms with E-state index in [1.165, 1.54) is 6.92 Å². The Morgan fingerprint density at radius 2 is 1.94 bits per heavy atom. The van der Waals surface area contributed by atoms with Crippen molar-refractivity contribution >= 4 is 27.8 Å². The molecule has 4 nitrogen and oxygen atoms in total. The summed E-state index contributed by atoms with van der Waals surface area (Å²) in [6.45, 7) is 1.45. The number of amides is 1. The van der Waals surface area contributed by atoms with Crippen molar-refractivity contribution < 1.29 is 14.7 Å². The first-order valence-corrected chi connectivity index (χ1v) is 6.79. The van der Waals surface area contributed by atoms with Crippen LogP contribution in [-0.4, -0.2) is 28.4 Å². The third-order valence-electron chi connectivity index (χ3n) is 2.61. The van der Waals surface area contributed by atoms with E-state index in [0.717, 1.165) is 5.56 Å². The van der Waals surface area contributed by atoms with Crippen LogP contribution in [-0.2, 0) is 16.0 Å². The van der Waals surface area contributed by atoms with Crippen LogP contribution in [0.15, 0.2) is 30.3 Å². The zero-order valence-corrected chi connectivity index (χ0v) is 11.7. The molecule has 0 heterocycles. The molecule has 1 aromatic rings. The van der Waals surface area contributed by atoms with Crippen LogP contribution >= 0.6 is 15.9 Å². The lowest BCUT2D eigenvalue weighted by atomic mass is 10.00. The Hall–Kier alpha value is -1.36. The van der Waals surface area contributed by atoms with Gasteiger partial charge >= 0.3 is 5.97 Å². The minimum absolute atomic E-state index is 0.245. The van der Waals surface area contributed by atoms with Gasteiger partial charge in [0.2, 0.25) is 5.91 Å². The van der Waals surface area contributed by atoms with Crippen molar-refractivity contribution in [1.29, 1.82) is 0 Å². The van der Waals surface area contributed by atoms with E-state index < -0.39 is 12.0 Å². The molecule has 98 valence electrons. The fourth-order valence-corrected chi connectivity index (χ4v) is 2.03. The topological polar surface area (TPSA) is 66.4 Å². The number of benzene rings is 1. The van der Waals surface area contributed by atoms with E-state index in [0.29, 0.717) is 11.8 Å². The van der Waals surface area contributed by atoms with Crippen molar-refractivity contribution in [2.75, 3.05) is 5.33 Å². The van der Waals surface area contributed by atoms with E-state index in [4.69, 9.17) is 5.11 Å². The smallest absolute Gasteiger partial charge is 0.325 e. The molecule has 1 rings (SSSR count). The minimum Gasteiger partial charge on any atom is -0.480 e. The van der Waals surface area contributed by atoms with Gasteiger partial charge in [0, 0.05) is 5.33 Å². The van der Waals surface area contributed by atoms with Crippen LogP contribution in [0.2, 0.25) is 0 Å². The Morgan fingerprint density at radius 3 is 2.44 bits per heavy atom. The highest BCUT2D eigenvalue weighted by Gasteiger charge is 2.21. The molecule has 0 fully saturated rings. The molecular formula is C13H16BrNO3. The third kappa shape index (κ3) is 4.49. The fourth-order valence-electron chi connectivity index (χ4n) is 1.51. The third-order valence-corrected chi connectivity index (χ3v) is 3.39. The molecule has 0 radical (unpaired) electrons. The average Bonchev–Trinajstić information content (AvgIpc) is 2.36. The Kier molecular flexibility index (Phi) is 5.85. The number of carboxylic acids is 1. The summed E-state index contributed by atoms with van der Waals surface area (Å²) in [7, 11) is 0. The molecule has 0 aliphatic heterocycles. The van der Waals surface area contributed by atoms with Gasteiger partial charge in [-0.15, -0.1) is 0 Å². The maximum Gasteiger partial charge on any atom is 0.325 e. The quantitative estimate of drug-likeness (QED) is 0.787. The highest BCUT2D eigenvalue weighted by molar-refractivity contribution is 9.09. The van der Waals surface area contributed by atoms with Crippen LogP contribution < -0.4 is 5.32 Å². The maximum absolute atomic E-state index is 11.9. The van der Waals surface area contributed by atoms with Gasteiger partial charge < -0.3 is 10.4 Å². The first-order valence-electron chi connectivity index (χ1n) is 5.67. The van der Waals surface area contributed by atoms with Gasteiger partial charge in [-0.2, -0.15) is 0 Å². The molecule has 2 N–H and O–H groups in total. The Bertz CT molecular complexity index is 408. The summed E-state index contributed by atoms with van der Waals surface area (Å²) in [5, 5.41) is 11.7. The van der Waals surface area contributed by atoms with Crippen molar-refractivity contribution in [3.8, 4) is 0 Å². The number of rotatable bonds is 6. The van der Waals surface area contributed by atoms with Crippen molar-refractivity contribution in [2.24, 2.45) is 5.92 Å². The molecule has 1 amide bonds. The lowest BCUT2D eigenvalue weighted by molar-refractivity contribution is -0.141. The minimum atomic E-state index is -1.03. The van der Waals surface area contributed by atoms with Gasteiger partial charge in [-0.25, -0.2) is 0 Å². The highest BCUT2D eigenvalue weighted by atomic mass is 79.9. The Labute approximate surface area is 115 Å². The number of hydrogen-bond acceptors (Lipinski definition) is 2. The zero-order valence-electron chi connectivity index (χ0n) is 10.1. The molecule has 5 heteroatoms. The summed E-state index contributed by atoms with van der Waals surface area (Å²) >= 11 is 3.29. The van der Waals surface area contributed by atoms with E-state index in [2.05, 4.69) is 21.2 Å². The van der Waals surface area contributed by atoms with E-state index in [-0.39, 0.29) is 11.8 Å². The predicted octanol–water partition coefficient (Wildman–Crippen LogP) is 1.83. The monoisotopic (exact) mass is 313 g/mol. The molecule has 0 aromatic heterocycles. The largest absolute Gasteiger partial charge is 0.480 e. The van der Waals surface area contributed by atoms with Gasteiger partial charge in [0.1, 0.15) is 6.04 Å². The van der Waals surface area contributed by atoms with Gasteiger partial charge in [0.25, 0.3) is 0 Å². The number of carboxylic acid groups (broad SMARTS) is 1. The van der Waals surface area contributed by atoms with Crippen LogP contribution in [0.4, 0.5) is 0 Å². The van der Waals surface area contributed by atoms with Gasteiger partial charge in [0.05, 0.1) is 5.92 Å². The molecule has 0 aliphatic carbocycles. The van der Waals surface area contributed by atoms with Crippen molar-refractivity contribution in [2.45, 2.75) is 19.4 Å². The van der Waals surface area contributed by atoms with Crippen LogP contribution in [0, 0.1) is 5.92 Å². The summed E-state index contributed by atoms with van der Waals surface area (Å²) in [6.07, 6.45) is 0.588. The molecule has 1 aromatic carbocycles. The van der Waals surface area contributed by atoms with E-state index in [9.17, 15) is 9.59 Å². The number of nitrogens with one attached hydrogen (secondary N) is 1. The van der Waals surface area contributed by atoms with Gasteiger partial charge in [-0.05, 0) is 18.9 Å².